The lowest BCUT2D eigenvalue weighted by Crippen LogP contribution is -2.49. The zero-order valence-corrected chi connectivity index (χ0v) is 14.4. The Morgan fingerprint density at radius 3 is 2.62 bits per heavy atom. The van der Waals surface area contributed by atoms with E-state index in [-0.39, 0.29) is 17.8 Å². The van der Waals surface area contributed by atoms with E-state index in [1.54, 1.807) is 17.0 Å². The molecule has 2 rings (SSSR count). The molecule has 0 unspecified atom stereocenters. The van der Waals surface area contributed by atoms with Gasteiger partial charge in [0.1, 0.15) is 5.60 Å². The second-order valence-corrected chi connectivity index (χ2v) is 7.07. The van der Waals surface area contributed by atoms with E-state index >= 15 is 0 Å². The molecule has 1 aliphatic rings. The molecule has 0 spiro atoms. The maximum Gasteiger partial charge on any atom is 0.410 e. The number of hydrogen-bond acceptors (Lipinski definition) is 5. The predicted octanol–water partition coefficient (Wildman–Crippen LogP) is 3.08. The number of nitro groups is 1. The van der Waals surface area contributed by atoms with Gasteiger partial charge in [0.2, 0.25) is 0 Å². The Labute approximate surface area is 142 Å². The van der Waals surface area contributed by atoms with Crippen molar-refractivity contribution in [2.24, 2.45) is 0 Å². The lowest BCUT2D eigenvalue weighted by Gasteiger charge is -2.34. The topological polar surface area (TPSA) is 84.7 Å². The van der Waals surface area contributed by atoms with Crippen LogP contribution in [-0.4, -0.2) is 40.6 Å². The molecule has 0 aromatic heterocycles. The quantitative estimate of drug-likeness (QED) is 0.675. The molecule has 1 heterocycles. The molecule has 1 N–H and O–H groups in total. The maximum atomic E-state index is 12.1. The highest BCUT2D eigenvalue weighted by Gasteiger charge is 2.27. The van der Waals surface area contributed by atoms with Gasteiger partial charge in [-0.15, -0.1) is 0 Å². The van der Waals surface area contributed by atoms with Crippen LogP contribution in [0.4, 0.5) is 10.5 Å². The van der Waals surface area contributed by atoms with E-state index < -0.39 is 10.5 Å². The summed E-state index contributed by atoms with van der Waals surface area (Å²) in [5, 5.41) is 14.1. The van der Waals surface area contributed by atoms with Crippen LogP contribution in [0.1, 0.15) is 39.2 Å². The van der Waals surface area contributed by atoms with E-state index in [0.717, 1.165) is 18.4 Å². The Kier molecular flexibility index (Phi) is 5.77. The lowest BCUT2D eigenvalue weighted by atomic mass is 10.1. The number of nitro benzene ring substituents is 1. The van der Waals surface area contributed by atoms with Crippen molar-refractivity contribution in [2.45, 2.75) is 51.8 Å². The van der Waals surface area contributed by atoms with Crippen LogP contribution >= 0.6 is 0 Å². The summed E-state index contributed by atoms with van der Waals surface area (Å²) in [6, 6.07) is 6.70. The van der Waals surface area contributed by atoms with E-state index in [0.29, 0.717) is 19.6 Å². The molecular formula is C17H25N3O4. The van der Waals surface area contributed by atoms with Gasteiger partial charge in [0.15, 0.2) is 0 Å². The number of likely N-dealkylation sites (tertiary alicyclic amines) is 1. The zero-order chi connectivity index (χ0) is 17.7. The van der Waals surface area contributed by atoms with E-state index in [1.807, 2.05) is 20.8 Å². The SMILES string of the molecule is CC(C)(C)OC(=O)N1CCC[C@@H](NCc2ccc([N+](=O)[O-])cc2)C1. The van der Waals surface area contributed by atoms with Gasteiger partial charge < -0.3 is 15.0 Å². The molecule has 132 valence electrons. The molecule has 1 atom stereocenters. The first-order valence-corrected chi connectivity index (χ1v) is 8.19. The van der Waals surface area contributed by atoms with Crippen molar-refractivity contribution in [3.8, 4) is 0 Å². The van der Waals surface area contributed by atoms with Gasteiger partial charge in [0.05, 0.1) is 4.92 Å². The summed E-state index contributed by atoms with van der Waals surface area (Å²) >= 11 is 0. The van der Waals surface area contributed by atoms with Crippen LogP contribution in [0, 0.1) is 10.1 Å². The molecule has 7 heteroatoms. The maximum absolute atomic E-state index is 12.1. The van der Waals surface area contributed by atoms with E-state index in [2.05, 4.69) is 5.32 Å². The standard InChI is InChI=1S/C17H25N3O4/c1-17(2,3)24-16(21)19-10-4-5-14(12-19)18-11-13-6-8-15(9-7-13)20(22)23/h6-9,14,18H,4-5,10-12H2,1-3H3/t14-/m1/s1. The molecule has 7 nitrogen and oxygen atoms in total. The number of nitrogens with zero attached hydrogens (tertiary/aromatic N) is 2. The Balaban J connectivity index is 1.84. The van der Waals surface area contributed by atoms with Crippen LogP contribution in [0.2, 0.25) is 0 Å². The van der Waals surface area contributed by atoms with Crippen LogP contribution in [0.3, 0.4) is 0 Å². The van der Waals surface area contributed by atoms with Crippen molar-refractivity contribution in [2.75, 3.05) is 13.1 Å². The summed E-state index contributed by atoms with van der Waals surface area (Å²) in [5.74, 6) is 0. The Morgan fingerprint density at radius 1 is 1.38 bits per heavy atom. The summed E-state index contributed by atoms with van der Waals surface area (Å²) in [7, 11) is 0. The summed E-state index contributed by atoms with van der Waals surface area (Å²) < 4.78 is 5.42. The fraction of sp³-hybridized carbons (Fsp3) is 0.588. The second kappa shape index (κ2) is 7.61. The van der Waals surface area contributed by atoms with Crippen molar-refractivity contribution < 1.29 is 14.5 Å². The zero-order valence-electron chi connectivity index (χ0n) is 14.4. The van der Waals surface area contributed by atoms with Crippen LogP contribution in [-0.2, 0) is 11.3 Å². The Hall–Kier alpha value is -2.15. The van der Waals surface area contributed by atoms with Gasteiger partial charge in [0, 0.05) is 37.8 Å². The number of nitrogens with one attached hydrogen (secondary N) is 1. The number of piperidine rings is 1. The summed E-state index contributed by atoms with van der Waals surface area (Å²) in [4.78, 5) is 24.1. The molecule has 0 bridgehead atoms. The average molecular weight is 335 g/mol. The highest BCUT2D eigenvalue weighted by molar-refractivity contribution is 5.68. The van der Waals surface area contributed by atoms with Gasteiger partial charge in [-0.1, -0.05) is 12.1 Å². The van der Waals surface area contributed by atoms with E-state index in [1.165, 1.54) is 12.1 Å². The van der Waals surface area contributed by atoms with Crippen molar-refractivity contribution >= 4 is 11.8 Å². The summed E-state index contributed by atoms with van der Waals surface area (Å²) in [6.45, 7) is 7.52. The average Bonchev–Trinajstić information content (AvgIpc) is 2.52. The van der Waals surface area contributed by atoms with Crippen molar-refractivity contribution in [1.82, 2.24) is 10.2 Å². The van der Waals surface area contributed by atoms with Gasteiger partial charge in [-0.3, -0.25) is 10.1 Å². The van der Waals surface area contributed by atoms with Gasteiger partial charge in [-0.05, 0) is 39.2 Å². The molecule has 0 radical (unpaired) electrons. The molecule has 0 saturated carbocycles. The van der Waals surface area contributed by atoms with Crippen LogP contribution in [0.5, 0.6) is 0 Å². The molecule has 0 aliphatic carbocycles. The van der Waals surface area contributed by atoms with Gasteiger partial charge >= 0.3 is 6.09 Å². The Morgan fingerprint density at radius 2 is 2.04 bits per heavy atom. The van der Waals surface area contributed by atoms with Crippen LogP contribution in [0.15, 0.2) is 24.3 Å². The van der Waals surface area contributed by atoms with Crippen molar-refractivity contribution in [3.05, 3.63) is 39.9 Å². The molecule has 1 saturated heterocycles. The highest BCUT2D eigenvalue weighted by atomic mass is 16.6. The smallest absolute Gasteiger partial charge is 0.410 e. The number of ether oxygens (including phenoxy) is 1. The predicted molar refractivity (Wildman–Crippen MR) is 90.8 cm³/mol. The number of carbonyl (C=O) groups is 1. The van der Waals surface area contributed by atoms with Gasteiger partial charge in [-0.25, -0.2) is 4.79 Å². The third kappa shape index (κ3) is 5.49. The largest absolute Gasteiger partial charge is 0.444 e. The number of hydrogen-bond donors (Lipinski definition) is 1. The summed E-state index contributed by atoms with van der Waals surface area (Å²) in [5.41, 5.74) is 0.582. The minimum atomic E-state index is -0.490. The first-order valence-electron chi connectivity index (χ1n) is 8.19. The molecule has 1 amide bonds. The van der Waals surface area contributed by atoms with Crippen molar-refractivity contribution in [3.63, 3.8) is 0 Å². The number of non-ortho nitro benzene ring substituents is 1. The number of amides is 1. The normalized spacial score (nSPS) is 18.3. The third-order valence-electron chi connectivity index (χ3n) is 3.82. The van der Waals surface area contributed by atoms with Crippen LogP contribution in [0.25, 0.3) is 0 Å². The summed E-state index contributed by atoms with van der Waals surface area (Å²) in [6.07, 6.45) is 1.65. The minimum Gasteiger partial charge on any atom is -0.444 e. The molecule has 1 fully saturated rings. The van der Waals surface area contributed by atoms with Gasteiger partial charge in [0.25, 0.3) is 5.69 Å². The highest BCUT2D eigenvalue weighted by Crippen LogP contribution is 2.16. The van der Waals surface area contributed by atoms with Crippen LogP contribution < -0.4 is 5.32 Å². The molecule has 1 aliphatic heterocycles. The number of rotatable bonds is 4. The fourth-order valence-electron chi connectivity index (χ4n) is 2.63. The van der Waals surface area contributed by atoms with E-state index in [9.17, 15) is 14.9 Å². The third-order valence-corrected chi connectivity index (χ3v) is 3.82. The Bertz CT molecular complexity index is 580. The molecule has 1 aromatic rings. The first-order chi connectivity index (χ1) is 11.2. The first kappa shape index (κ1) is 18.2. The molecule has 24 heavy (non-hydrogen) atoms. The fourth-order valence-corrected chi connectivity index (χ4v) is 2.63. The lowest BCUT2D eigenvalue weighted by molar-refractivity contribution is -0.384. The minimum absolute atomic E-state index is 0.0903. The van der Waals surface area contributed by atoms with Gasteiger partial charge in [-0.2, -0.15) is 0 Å². The van der Waals surface area contributed by atoms with Crippen molar-refractivity contribution in [1.29, 1.82) is 0 Å². The van der Waals surface area contributed by atoms with E-state index in [4.69, 9.17) is 4.74 Å². The molecular weight excluding hydrogens is 310 g/mol. The monoisotopic (exact) mass is 335 g/mol. The second-order valence-electron chi connectivity index (χ2n) is 7.07. The number of carbonyl (C=O) groups excluding carboxylic acids is 1. The number of benzene rings is 1. The molecule has 1 aromatic carbocycles.